The van der Waals surface area contributed by atoms with E-state index < -0.39 is 0 Å². The van der Waals surface area contributed by atoms with Crippen molar-refractivity contribution in [2.45, 2.75) is 52.4 Å². The minimum absolute atomic E-state index is 0.0630. The Morgan fingerprint density at radius 1 is 0.423 bits per heavy atom. The number of pyridine rings is 6. The lowest BCUT2D eigenvalue weighted by Gasteiger charge is -2.22. The van der Waals surface area contributed by atoms with E-state index in [0.717, 1.165) is 11.1 Å². The number of para-hydroxylation sites is 2. The van der Waals surface area contributed by atoms with Gasteiger partial charge in [-0.25, -0.2) is 9.97 Å². The van der Waals surface area contributed by atoms with Crippen molar-refractivity contribution in [3.8, 4) is 0 Å². The maximum atomic E-state index is 15.1. The van der Waals surface area contributed by atoms with Crippen molar-refractivity contribution in [3.63, 3.8) is 0 Å². The lowest BCUT2D eigenvalue weighted by molar-refractivity contribution is 0.591. The highest BCUT2D eigenvalue weighted by Crippen LogP contribution is 2.36. The van der Waals surface area contributed by atoms with Crippen LogP contribution in [0.5, 0.6) is 0 Å². The second-order valence-electron chi connectivity index (χ2n) is 16.1. The molecule has 6 heterocycles. The highest BCUT2D eigenvalue weighted by molar-refractivity contribution is 6.23. The van der Waals surface area contributed by atoms with Crippen LogP contribution in [0.15, 0.2) is 104 Å². The van der Waals surface area contributed by atoms with E-state index in [2.05, 4.69) is 41.5 Å². The summed E-state index contributed by atoms with van der Waals surface area (Å²) in [6.07, 6.45) is 0. The van der Waals surface area contributed by atoms with Crippen molar-refractivity contribution in [1.29, 1.82) is 0 Å². The van der Waals surface area contributed by atoms with Gasteiger partial charge in [-0.2, -0.15) is 0 Å². The third-order valence-corrected chi connectivity index (χ3v) is 10.9. The summed E-state index contributed by atoms with van der Waals surface area (Å²) in [6.45, 7) is 12.6. The maximum absolute atomic E-state index is 15.1. The van der Waals surface area contributed by atoms with Gasteiger partial charge in [-0.1, -0.05) is 77.9 Å². The second kappa shape index (κ2) is 9.73. The van der Waals surface area contributed by atoms with E-state index in [9.17, 15) is 14.4 Å². The third-order valence-electron chi connectivity index (χ3n) is 10.9. The molecule has 0 aliphatic carbocycles. The van der Waals surface area contributed by atoms with Crippen molar-refractivity contribution in [1.82, 2.24) is 18.8 Å². The third kappa shape index (κ3) is 3.76. The standard InChI is InChI=1S/C44H32N4O4/c1-43(2,3)21-15-17-29-25(19-21)40(50)32-34-33(46-36-38(32)48(29)30-18-16-22(44(4,5)6)20-26(30)42(36)52)31-37-35(45-34)41(51)24-12-8-10-14-28(24)47(37)27-13-9-7-11-23(27)39(31)49/h7-20H,1-6H3. The maximum Gasteiger partial charge on any atom is 0.215 e. The van der Waals surface area contributed by atoms with Crippen molar-refractivity contribution < 1.29 is 0 Å². The number of benzene rings is 4. The highest BCUT2D eigenvalue weighted by atomic mass is 16.1. The monoisotopic (exact) mass is 680 g/mol. The first kappa shape index (κ1) is 30.5. The molecule has 10 aromatic rings. The molecule has 0 radical (unpaired) electrons. The topological polar surface area (TPSA) is 103 Å². The second-order valence-corrected chi connectivity index (χ2v) is 16.1. The van der Waals surface area contributed by atoms with Crippen LogP contribution < -0.4 is 21.7 Å². The number of hydrogen-bond acceptors (Lipinski definition) is 6. The average molecular weight is 681 g/mol. The Morgan fingerprint density at radius 2 is 0.788 bits per heavy atom. The van der Waals surface area contributed by atoms with Crippen LogP contribution in [0.3, 0.4) is 0 Å². The molecule has 0 unspecified atom stereocenters. The van der Waals surface area contributed by atoms with Crippen molar-refractivity contribution in [2.24, 2.45) is 0 Å². The van der Waals surface area contributed by atoms with Gasteiger partial charge < -0.3 is 8.80 Å². The van der Waals surface area contributed by atoms with Crippen LogP contribution in [0.1, 0.15) is 52.7 Å². The molecule has 4 aromatic carbocycles. The Labute approximate surface area is 294 Å². The lowest BCUT2D eigenvalue weighted by atomic mass is 9.85. The zero-order valence-electron chi connectivity index (χ0n) is 29.5. The van der Waals surface area contributed by atoms with Crippen molar-refractivity contribution in [2.75, 3.05) is 0 Å². The molecule has 0 saturated heterocycles. The van der Waals surface area contributed by atoms with Crippen LogP contribution in [0.4, 0.5) is 0 Å². The first-order chi connectivity index (χ1) is 24.8. The van der Waals surface area contributed by atoms with Gasteiger partial charge in [0, 0.05) is 21.5 Å². The van der Waals surface area contributed by atoms with E-state index in [1.165, 1.54) is 0 Å². The minimum Gasteiger partial charge on any atom is -0.306 e. The van der Waals surface area contributed by atoms with Gasteiger partial charge in [-0.3, -0.25) is 19.2 Å². The SMILES string of the molecule is CC(C)(C)c1ccc2c(c1)c(=O)c1nc3c(nc4c(=O)c5ccccc5n5c6ccccc6c(=O)c3c45)c3c(=O)c4cc(C(C)(C)C)ccc4n2c13. The first-order valence-electron chi connectivity index (χ1n) is 17.4. The van der Waals surface area contributed by atoms with E-state index >= 15 is 4.79 Å². The predicted molar refractivity (Wildman–Crippen MR) is 211 cm³/mol. The molecule has 0 N–H and O–H groups in total. The summed E-state index contributed by atoms with van der Waals surface area (Å²) in [5, 5.41) is 2.06. The molecular formula is C44H32N4O4. The Balaban J connectivity index is 1.59. The highest BCUT2D eigenvalue weighted by Gasteiger charge is 2.28. The van der Waals surface area contributed by atoms with Gasteiger partial charge >= 0.3 is 0 Å². The molecular weight excluding hydrogens is 649 g/mol. The molecule has 10 rings (SSSR count). The summed E-state index contributed by atoms with van der Waals surface area (Å²) in [5.74, 6) is 0. The largest absolute Gasteiger partial charge is 0.306 e. The fourth-order valence-electron chi connectivity index (χ4n) is 8.17. The molecule has 0 fully saturated rings. The number of aromatic nitrogens is 4. The number of rotatable bonds is 0. The van der Waals surface area contributed by atoms with Crippen LogP contribution in [0, 0.1) is 0 Å². The molecule has 0 saturated carbocycles. The Hall–Kier alpha value is -6.28. The molecule has 6 aromatic heterocycles. The van der Waals surface area contributed by atoms with Gasteiger partial charge in [-0.05, 0) is 70.5 Å². The van der Waals surface area contributed by atoms with Gasteiger partial charge in [0.25, 0.3) is 0 Å². The smallest absolute Gasteiger partial charge is 0.215 e. The zero-order valence-corrected chi connectivity index (χ0v) is 29.5. The minimum atomic E-state index is -0.353. The molecule has 252 valence electrons. The summed E-state index contributed by atoms with van der Waals surface area (Å²) >= 11 is 0. The fraction of sp³-hybridized carbons (Fsp3) is 0.182. The molecule has 0 aliphatic rings. The van der Waals surface area contributed by atoms with Crippen molar-refractivity contribution >= 4 is 87.5 Å². The van der Waals surface area contributed by atoms with Gasteiger partial charge in [0.05, 0.1) is 43.9 Å². The van der Waals surface area contributed by atoms with E-state index in [1.54, 1.807) is 24.3 Å². The van der Waals surface area contributed by atoms with Crippen LogP contribution >= 0.6 is 0 Å². The number of hydrogen-bond donors (Lipinski definition) is 0. The molecule has 52 heavy (non-hydrogen) atoms. The first-order valence-corrected chi connectivity index (χ1v) is 17.4. The molecule has 0 bridgehead atoms. The van der Waals surface area contributed by atoms with E-state index in [0.29, 0.717) is 54.6 Å². The summed E-state index contributed by atoms with van der Waals surface area (Å²) < 4.78 is 3.83. The lowest BCUT2D eigenvalue weighted by Crippen LogP contribution is -2.20. The molecule has 0 aliphatic heterocycles. The summed E-state index contributed by atoms with van der Waals surface area (Å²) in [6, 6.07) is 26.2. The summed E-state index contributed by atoms with van der Waals surface area (Å²) in [7, 11) is 0. The quantitative estimate of drug-likeness (QED) is 0.119. The molecule has 0 atom stereocenters. The van der Waals surface area contributed by atoms with Crippen LogP contribution in [-0.2, 0) is 10.8 Å². The van der Waals surface area contributed by atoms with Gasteiger partial charge in [0.1, 0.15) is 22.1 Å². The van der Waals surface area contributed by atoms with E-state index in [1.807, 2.05) is 69.5 Å². The van der Waals surface area contributed by atoms with Crippen LogP contribution in [0.2, 0.25) is 0 Å². The van der Waals surface area contributed by atoms with E-state index in [4.69, 9.17) is 9.97 Å². The zero-order chi connectivity index (χ0) is 36.2. The van der Waals surface area contributed by atoms with Crippen LogP contribution in [-0.4, -0.2) is 18.8 Å². The Kier molecular flexibility index (Phi) is 5.71. The molecule has 8 heteroatoms. The molecule has 8 nitrogen and oxygen atoms in total. The molecule has 0 amide bonds. The van der Waals surface area contributed by atoms with Gasteiger partial charge in [0.2, 0.25) is 10.9 Å². The normalized spacial score (nSPS) is 13.1. The van der Waals surface area contributed by atoms with Crippen molar-refractivity contribution in [3.05, 3.63) is 137 Å². The Morgan fingerprint density at radius 3 is 1.25 bits per heavy atom. The number of nitrogens with zero attached hydrogens (tertiary/aromatic N) is 4. The van der Waals surface area contributed by atoms with E-state index in [-0.39, 0.29) is 65.4 Å². The Bertz CT molecular complexity index is 3480. The summed E-state index contributed by atoms with van der Waals surface area (Å²) in [4.78, 5) is 68.9. The molecule has 0 spiro atoms. The van der Waals surface area contributed by atoms with Crippen LogP contribution in [0.25, 0.3) is 87.5 Å². The average Bonchev–Trinajstić information content (AvgIpc) is 3.12. The summed E-state index contributed by atoms with van der Waals surface area (Å²) in [5.41, 5.74) is 3.56. The number of fused-ring (bicyclic) bond motifs is 11. The fourth-order valence-corrected chi connectivity index (χ4v) is 8.17. The van der Waals surface area contributed by atoms with Gasteiger partial charge in [0.15, 0.2) is 10.9 Å². The predicted octanol–water partition coefficient (Wildman–Crippen LogP) is 7.97. The van der Waals surface area contributed by atoms with Gasteiger partial charge in [-0.15, -0.1) is 0 Å².